The van der Waals surface area contributed by atoms with Gasteiger partial charge in [-0.3, -0.25) is 9.79 Å². The number of nitrogens with one attached hydrogen (secondary N) is 2. The third-order valence-electron chi connectivity index (χ3n) is 5.57. The van der Waals surface area contributed by atoms with Gasteiger partial charge in [0, 0.05) is 58.3 Å². The van der Waals surface area contributed by atoms with Crippen molar-refractivity contribution in [2.75, 3.05) is 39.8 Å². The van der Waals surface area contributed by atoms with Crippen LogP contribution in [0.15, 0.2) is 21.8 Å². The molecule has 168 valence electrons. The molecule has 0 spiro atoms. The largest absolute Gasteiger partial charge is 0.364 e. The number of aliphatic imine (C=N–C) groups is 1. The summed E-state index contributed by atoms with van der Waals surface area (Å²) in [6, 6.07) is 1.88. The number of aromatic nitrogens is 1. The van der Waals surface area contributed by atoms with Crippen LogP contribution < -0.4 is 10.6 Å². The maximum Gasteiger partial charge on any atom is 0.221 e. The first-order valence-corrected chi connectivity index (χ1v) is 12.2. The zero-order valence-electron chi connectivity index (χ0n) is 17.5. The smallest absolute Gasteiger partial charge is 0.221 e. The molecule has 2 fully saturated rings. The Labute approximate surface area is 178 Å². The van der Waals surface area contributed by atoms with E-state index in [1.54, 1.807) is 13.1 Å². The number of rotatable bonds is 7. The van der Waals surface area contributed by atoms with Gasteiger partial charge in [-0.2, -0.15) is 4.31 Å². The Morgan fingerprint density at radius 3 is 2.60 bits per heavy atom. The number of guanidine groups is 1. The molecule has 0 unspecified atom stereocenters. The van der Waals surface area contributed by atoms with Crippen molar-refractivity contribution in [3.8, 4) is 0 Å². The Bertz CT molecular complexity index is 797. The summed E-state index contributed by atoms with van der Waals surface area (Å²) in [6.45, 7) is 2.32. The van der Waals surface area contributed by atoms with Crippen LogP contribution in [0.5, 0.6) is 0 Å². The van der Waals surface area contributed by atoms with Crippen molar-refractivity contribution in [2.24, 2.45) is 4.99 Å². The van der Waals surface area contributed by atoms with Crippen molar-refractivity contribution in [1.82, 2.24) is 25.0 Å². The second-order valence-corrected chi connectivity index (χ2v) is 9.73. The summed E-state index contributed by atoms with van der Waals surface area (Å²) in [6.07, 6.45) is 7.55. The lowest BCUT2D eigenvalue weighted by Gasteiger charge is -2.35. The van der Waals surface area contributed by atoms with Crippen LogP contribution in [0.1, 0.15) is 44.2 Å². The number of piperazine rings is 1. The SMILES string of the molecule is CN=C(NCCC(=O)NC1CCCCC1)N1CCN(S(=O)(=O)Cc2ccon2)CC1. The lowest BCUT2D eigenvalue weighted by molar-refractivity contribution is -0.121. The minimum atomic E-state index is -3.43. The van der Waals surface area contributed by atoms with Crippen molar-refractivity contribution in [1.29, 1.82) is 0 Å². The number of carbonyl (C=O) groups is 1. The monoisotopic (exact) mass is 440 g/mol. The highest BCUT2D eigenvalue weighted by Crippen LogP contribution is 2.17. The van der Waals surface area contributed by atoms with E-state index in [9.17, 15) is 13.2 Å². The molecule has 3 rings (SSSR count). The minimum Gasteiger partial charge on any atom is -0.364 e. The summed E-state index contributed by atoms with van der Waals surface area (Å²) in [7, 11) is -1.74. The van der Waals surface area contributed by atoms with Crippen LogP contribution in [0.25, 0.3) is 0 Å². The van der Waals surface area contributed by atoms with Crippen molar-refractivity contribution in [2.45, 2.75) is 50.3 Å². The summed E-state index contributed by atoms with van der Waals surface area (Å²) < 4.78 is 31.3. The van der Waals surface area contributed by atoms with E-state index < -0.39 is 10.0 Å². The standard InChI is InChI=1S/C19H32N6O4S/c1-20-19(21-9-7-18(26)22-16-5-3-2-4-6-16)24-10-12-25(13-11-24)30(27,28)15-17-8-14-29-23-17/h8,14,16H,2-7,9-13,15H2,1H3,(H,20,21)(H,22,26). The second kappa shape index (κ2) is 10.8. The fraction of sp³-hybridized carbons (Fsp3) is 0.737. The maximum absolute atomic E-state index is 12.5. The molecule has 1 saturated carbocycles. The molecule has 0 bridgehead atoms. The fourth-order valence-corrected chi connectivity index (χ4v) is 5.36. The molecule has 2 aliphatic rings. The average molecular weight is 441 g/mol. The van der Waals surface area contributed by atoms with Crippen molar-refractivity contribution in [3.63, 3.8) is 0 Å². The number of amides is 1. The van der Waals surface area contributed by atoms with E-state index in [2.05, 4.69) is 20.8 Å². The van der Waals surface area contributed by atoms with Gasteiger partial charge in [-0.1, -0.05) is 24.4 Å². The van der Waals surface area contributed by atoms with E-state index in [-0.39, 0.29) is 11.7 Å². The first-order chi connectivity index (χ1) is 14.5. The summed E-state index contributed by atoms with van der Waals surface area (Å²) in [4.78, 5) is 18.4. The van der Waals surface area contributed by atoms with Gasteiger partial charge in [0.15, 0.2) is 5.96 Å². The molecule has 1 aromatic rings. The Morgan fingerprint density at radius 2 is 1.97 bits per heavy atom. The van der Waals surface area contributed by atoms with Gasteiger partial charge < -0.3 is 20.1 Å². The van der Waals surface area contributed by atoms with E-state index in [1.165, 1.54) is 29.8 Å². The Hall–Kier alpha value is -2.14. The fourth-order valence-electron chi connectivity index (χ4n) is 3.94. The maximum atomic E-state index is 12.5. The lowest BCUT2D eigenvalue weighted by atomic mass is 9.95. The first-order valence-electron chi connectivity index (χ1n) is 10.6. The van der Waals surface area contributed by atoms with Crippen LogP contribution in [-0.4, -0.2) is 80.5 Å². The highest BCUT2D eigenvalue weighted by Gasteiger charge is 2.29. The Kier molecular flexibility index (Phi) is 8.08. The molecule has 1 saturated heterocycles. The van der Waals surface area contributed by atoms with Gasteiger partial charge in [-0.05, 0) is 12.8 Å². The topological polar surface area (TPSA) is 120 Å². The van der Waals surface area contributed by atoms with Crippen LogP contribution in [0.4, 0.5) is 0 Å². The molecule has 0 atom stereocenters. The first kappa shape index (κ1) is 22.5. The lowest BCUT2D eigenvalue weighted by Crippen LogP contribution is -2.54. The molecule has 2 heterocycles. The molecule has 0 aromatic carbocycles. The number of carbonyl (C=O) groups excluding carboxylic acids is 1. The Balaban J connectivity index is 1.39. The number of nitrogens with zero attached hydrogens (tertiary/aromatic N) is 4. The van der Waals surface area contributed by atoms with Gasteiger partial charge in [0.25, 0.3) is 0 Å². The van der Waals surface area contributed by atoms with Gasteiger partial charge >= 0.3 is 0 Å². The predicted molar refractivity (Wildman–Crippen MR) is 113 cm³/mol. The molecule has 30 heavy (non-hydrogen) atoms. The molecule has 1 amide bonds. The normalized spacial score (nSPS) is 19.6. The highest BCUT2D eigenvalue weighted by atomic mass is 32.2. The molecule has 0 radical (unpaired) electrons. The molecular formula is C19H32N6O4S. The highest BCUT2D eigenvalue weighted by molar-refractivity contribution is 7.88. The van der Waals surface area contributed by atoms with Crippen LogP contribution in [0.2, 0.25) is 0 Å². The number of hydrogen-bond donors (Lipinski definition) is 2. The summed E-state index contributed by atoms with van der Waals surface area (Å²) in [5.74, 6) is 0.592. The molecule has 1 aromatic heterocycles. The van der Waals surface area contributed by atoms with Gasteiger partial charge in [0.05, 0.1) is 5.69 Å². The van der Waals surface area contributed by atoms with Gasteiger partial charge in [-0.25, -0.2) is 8.42 Å². The van der Waals surface area contributed by atoms with Crippen LogP contribution >= 0.6 is 0 Å². The minimum absolute atomic E-state index is 0.0635. The van der Waals surface area contributed by atoms with E-state index >= 15 is 0 Å². The third kappa shape index (κ3) is 6.43. The average Bonchev–Trinajstić information content (AvgIpc) is 3.24. The van der Waals surface area contributed by atoms with E-state index in [0.29, 0.717) is 56.8 Å². The van der Waals surface area contributed by atoms with E-state index in [4.69, 9.17) is 4.52 Å². The van der Waals surface area contributed by atoms with Crippen molar-refractivity contribution < 1.29 is 17.7 Å². The van der Waals surface area contributed by atoms with E-state index in [1.807, 2.05) is 4.90 Å². The molecule has 10 nitrogen and oxygen atoms in total. The van der Waals surface area contributed by atoms with Crippen molar-refractivity contribution in [3.05, 3.63) is 18.0 Å². The summed E-state index contributed by atoms with van der Waals surface area (Å²) >= 11 is 0. The van der Waals surface area contributed by atoms with Crippen LogP contribution in [0, 0.1) is 0 Å². The predicted octanol–water partition coefficient (Wildman–Crippen LogP) is 0.536. The van der Waals surface area contributed by atoms with Gasteiger partial charge in [0.2, 0.25) is 15.9 Å². The molecular weight excluding hydrogens is 408 g/mol. The van der Waals surface area contributed by atoms with Crippen molar-refractivity contribution >= 4 is 21.9 Å². The van der Waals surface area contributed by atoms with Crippen LogP contribution in [-0.2, 0) is 20.6 Å². The zero-order chi connectivity index (χ0) is 21.4. The van der Waals surface area contributed by atoms with Gasteiger partial charge in [-0.15, -0.1) is 0 Å². The summed E-state index contributed by atoms with van der Waals surface area (Å²) in [5, 5.41) is 10.0. The second-order valence-electron chi connectivity index (χ2n) is 7.76. The molecule has 11 heteroatoms. The third-order valence-corrected chi connectivity index (χ3v) is 7.38. The Morgan fingerprint density at radius 1 is 1.23 bits per heavy atom. The molecule has 1 aliphatic carbocycles. The van der Waals surface area contributed by atoms with Crippen LogP contribution in [0.3, 0.4) is 0 Å². The quantitative estimate of drug-likeness (QED) is 0.469. The van der Waals surface area contributed by atoms with E-state index in [0.717, 1.165) is 12.8 Å². The number of hydrogen-bond acceptors (Lipinski definition) is 6. The zero-order valence-corrected chi connectivity index (χ0v) is 18.4. The molecule has 2 N–H and O–H groups in total. The number of sulfonamides is 1. The molecule has 1 aliphatic heterocycles. The van der Waals surface area contributed by atoms with Gasteiger partial charge in [0.1, 0.15) is 12.0 Å². The summed E-state index contributed by atoms with van der Waals surface area (Å²) in [5.41, 5.74) is 0.404.